The van der Waals surface area contributed by atoms with Crippen LogP contribution in [-0.2, 0) is 17.3 Å². The fourth-order valence-corrected chi connectivity index (χ4v) is 4.02. The smallest absolute Gasteiger partial charge is 0.120 e. The number of aryl methyl sites for hydroxylation is 1. The lowest BCUT2D eigenvalue weighted by Gasteiger charge is -2.29. The Morgan fingerprint density at radius 1 is 1.04 bits per heavy atom. The summed E-state index contributed by atoms with van der Waals surface area (Å²) >= 11 is 0. The van der Waals surface area contributed by atoms with Gasteiger partial charge in [0, 0.05) is 29.8 Å². The quantitative estimate of drug-likeness (QED) is 0.495. The van der Waals surface area contributed by atoms with Gasteiger partial charge in [-0.15, -0.1) is 0 Å². The molecular formula is C23H27NO. The molecule has 3 rings (SSSR count). The number of unbranched alkanes of at least 4 members (excludes halogenated alkanes) is 1. The summed E-state index contributed by atoms with van der Waals surface area (Å²) in [6.07, 6.45) is 4.94. The van der Waals surface area contributed by atoms with E-state index in [1.54, 1.807) is 0 Å². The van der Waals surface area contributed by atoms with Crippen LogP contribution in [0.4, 0.5) is 0 Å². The predicted octanol–water partition coefficient (Wildman–Crippen LogP) is 5.88. The number of aromatic nitrogens is 1. The van der Waals surface area contributed by atoms with Crippen LogP contribution in [0.1, 0.15) is 45.1 Å². The summed E-state index contributed by atoms with van der Waals surface area (Å²) in [6.45, 7) is 4.47. The van der Waals surface area contributed by atoms with Crippen LogP contribution in [0, 0.1) is 0 Å². The third kappa shape index (κ3) is 3.13. The first kappa shape index (κ1) is 17.5. The molecule has 0 amide bonds. The van der Waals surface area contributed by atoms with Gasteiger partial charge < -0.3 is 9.36 Å². The lowest BCUT2D eigenvalue weighted by Crippen LogP contribution is -2.23. The number of rotatable bonds is 7. The summed E-state index contributed by atoms with van der Waals surface area (Å²) in [7, 11) is 2.13. The fraction of sp³-hybridized carbons (Fsp3) is 0.348. The lowest BCUT2D eigenvalue weighted by atomic mass is 9.74. The van der Waals surface area contributed by atoms with Crippen molar-refractivity contribution in [2.75, 3.05) is 0 Å². The van der Waals surface area contributed by atoms with Crippen molar-refractivity contribution in [3.63, 3.8) is 0 Å². The molecule has 2 nitrogen and oxygen atoms in total. The van der Waals surface area contributed by atoms with Crippen LogP contribution in [0.5, 0.6) is 0 Å². The molecule has 0 saturated carbocycles. The molecule has 1 atom stereocenters. The first-order valence-corrected chi connectivity index (χ1v) is 9.19. The van der Waals surface area contributed by atoms with Gasteiger partial charge in [0.1, 0.15) is 6.29 Å². The molecule has 0 unspecified atom stereocenters. The predicted molar refractivity (Wildman–Crippen MR) is 106 cm³/mol. The molecule has 0 fully saturated rings. The number of benzene rings is 2. The molecule has 0 radical (unpaired) electrons. The van der Waals surface area contributed by atoms with E-state index < -0.39 is 0 Å². The number of carbonyl (C=O) groups is 1. The molecule has 1 aromatic heterocycles. The zero-order valence-electron chi connectivity index (χ0n) is 15.5. The Balaban J connectivity index is 2.33. The van der Waals surface area contributed by atoms with Crippen molar-refractivity contribution >= 4 is 17.2 Å². The van der Waals surface area contributed by atoms with Crippen molar-refractivity contribution in [2.45, 2.75) is 44.9 Å². The van der Waals surface area contributed by atoms with E-state index in [-0.39, 0.29) is 5.41 Å². The maximum absolute atomic E-state index is 11.5. The van der Waals surface area contributed by atoms with E-state index in [0.717, 1.165) is 25.5 Å². The molecule has 3 aromatic rings. The second-order valence-corrected chi connectivity index (χ2v) is 7.20. The molecule has 1 heterocycles. The van der Waals surface area contributed by atoms with Gasteiger partial charge in [-0.1, -0.05) is 75.2 Å². The monoisotopic (exact) mass is 333 g/mol. The van der Waals surface area contributed by atoms with Crippen LogP contribution in [0.2, 0.25) is 0 Å². The minimum absolute atomic E-state index is 0.149. The summed E-state index contributed by atoms with van der Waals surface area (Å²) in [5.41, 5.74) is 4.85. The van der Waals surface area contributed by atoms with Crippen LogP contribution < -0.4 is 0 Å². The van der Waals surface area contributed by atoms with Gasteiger partial charge in [0.05, 0.1) is 5.69 Å². The summed E-state index contributed by atoms with van der Waals surface area (Å²) in [4.78, 5) is 11.5. The topological polar surface area (TPSA) is 22.0 Å². The summed E-state index contributed by atoms with van der Waals surface area (Å²) in [5, 5.41) is 1.27. The highest BCUT2D eigenvalue weighted by Crippen LogP contribution is 2.44. The minimum Gasteiger partial charge on any atom is -0.343 e. The van der Waals surface area contributed by atoms with E-state index >= 15 is 0 Å². The van der Waals surface area contributed by atoms with Crippen LogP contribution in [0.3, 0.4) is 0 Å². The summed E-state index contributed by atoms with van der Waals surface area (Å²) in [6, 6.07) is 19.1. The first-order valence-electron chi connectivity index (χ1n) is 9.19. The largest absolute Gasteiger partial charge is 0.343 e. The molecule has 0 spiro atoms. The third-order valence-electron chi connectivity index (χ3n) is 5.37. The first-order chi connectivity index (χ1) is 12.1. The molecular weight excluding hydrogens is 306 g/mol. The number of para-hydroxylation sites is 1. The van der Waals surface area contributed by atoms with Crippen molar-refractivity contribution in [2.24, 2.45) is 7.05 Å². The van der Waals surface area contributed by atoms with Crippen LogP contribution >= 0.6 is 0 Å². The Bertz CT molecular complexity index is 862. The Hall–Kier alpha value is -2.35. The molecule has 0 N–H and O–H groups in total. The molecule has 2 aromatic carbocycles. The van der Waals surface area contributed by atoms with E-state index in [1.807, 2.05) is 6.07 Å². The average Bonchev–Trinajstić information content (AvgIpc) is 2.95. The minimum atomic E-state index is -0.149. The van der Waals surface area contributed by atoms with Crippen LogP contribution in [0.25, 0.3) is 22.2 Å². The second kappa shape index (κ2) is 7.26. The van der Waals surface area contributed by atoms with E-state index in [2.05, 4.69) is 74.0 Å². The van der Waals surface area contributed by atoms with Gasteiger partial charge in [-0.05, 0) is 23.6 Å². The zero-order valence-corrected chi connectivity index (χ0v) is 15.5. The SMILES string of the molecule is CCCC[C@@](C)(CC=O)c1c(-c2ccccc2)n(C)c2ccccc12. The number of fused-ring (bicyclic) bond motifs is 1. The van der Waals surface area contributed by atoms with Crippen molar-refractivity contribution in [1.29, 1.82) is 0 Å². The lowest BCUT2D eigenvalue weighted by molar-refractivity contribution is -0.108. The van der Waals surface area contributed by atoms with E-state index in [0.29, 0.717) is 6.42 Å². The maximum atomic E-state index is 11.5. The number of carbonyl (C=O) groups excluding carboxylic acids is 1. The fourth-order valence-electron chi connectivity index (χ4n) is 4.02. The third-order valence-corrected chi connectivity index (χ3v) is 5.37. The van der Waals surface area contributed by atoms with Crippen molar-refractivity contribution in [3.05, 3.63) is 60.2 Å². The van der Waals surface area contributed by atoms with E-state index in [1.165, 1.54) is 27.7 Å². The van der Waals surface area contributed by atoms with E-state index in [9.17, 15) is 4.79 Å². The Kier molecular flexibility index (Phi) is 5.08. The van der Waals surface area contributed by atoms with E-state index in [4.69, 9.17) is 0 Å². The Morgan fingerprint density at radius 3 is 2.40 bits per heavy atom. The molecule has 0 aliphatic rings. The number of hydrogen-bond acceptors (Lipinski definition) is 1. The number of nitrogens with zero attached hydrogens (tertiary/aromatic N) is 1. The normalized spacial score (nSPS) is 13.7. The summed E-state index contributed by atoms with van der Waals surface area (Å²) in [5.74, 6) is 0. The molecule has 0 aliphatic heterocycles. The van der Waals surface area contributed by atoms with Crippen LogP contribution in [-0.4, -0.2) is 10.9 Å². The molecule has 25 heavy (non-hydrogen) atoms. The van der Waals surface area contributed by atoms with Gasteiger partial charge in [0.25, 0.3) is 0 Å². The number of hydrogen-bond donors (Lipinski definition) is 0. The molecule has 130 valence electrons. The van der Waals surface area contributed by atoms with Crippen molar-refractivity contribution in [1.82, 2.24) is 4.57 Å². The highest BCUT2D eigenvalue weighted by molar-refractivity contribution is 5.93. The molecule has 0 aliphatic carbocycles. The summed E-state index contributed by atoms with van der Waals surface area (Å²) < 4.78 is 2.29. The van der Waals surface area contributed by atoms with Gasteiger partial charge >= 0.3 is 0 Å². The van der Waals surface area contributed by atoms with Crippen molar-refractivity contribution in [3.8, 4) is 11.3 Å². The van der Waals surface area contributed by atoms with Gasteiger partial charge in [0.2, 0.25) is 0 Å². The average molecular weight is 333 g/mol. The highest BCUT2D eigenvalue weighted by Gasteiger charge is 2.33. The van der Waals surface area contributed by atoms with Gasteiger partial charge in [-0.25, -0.2) is 0 Å². The molecule has 0 bridgehead atoms. The maximum Gasteiger partial charge on any atom is 0.120 e. The van der Waals surface area contributed by atoms with Crippen LogP contribution in [0.15, 0.2) is 54.6 Å². The van der Waals surface area contributed by atoms with Crippen molar-refractivity contribution < 1.29 is 4.79 Å². The number of aldehydes is 1. The zero-order chi connectivity index (χ0) is 17.9. The second-order valence-electron chi connectivity index (χ2n) is 7.20. The van der Waals surface area contributed by atoms with Gasteiger partial charge in [-0.3, -0.25) is 0 Å². The Labute approximate surface area is 150 Å². The standard InChI is InChI=1S/C23H27NO/c1-4-5-15-23(2,16-17-25)21-19-13-9-10-14-20(19)24(3)22(21)18-11-7-6-8-12-18/h6-14,17H,4-5,15-16H2,1-3H3/t23-/m0/s1. The van der Waals surface area contributed by atoms with Gasteiger partial charge in [-0.2, -0.15) is 0 Å². The van der Waals surface area contributed by atoms with Gasteiger partial charge in [0.15, 0.2) is 0 Å². The highest BCUT2D eigenvalue weighted by atomic mass is 16.1. The molecule has 0 saturated heterocycles. The molecule has 2 heteroatoms. The Morgan fingerprint density at radius 2 is 1.72 bits per heavy atom.